The number of rotatable bonds is 2. The van der Waals surface area contributed by atoms with Crippen LogP contribution in [0.15, 0.2) is 18.2 Å². The number of aryl methyl sites for hydroxylation is 1. The Kier molecular flexibility index (Phi) is 2.77. The summed E-state index contributed by atoms with van der Waals surface area (Å²) >= 11 is 0. The number of fused-ring (bicyclic) bond motifs is 2. The van der Waals surface area contributed by atoms with Gasteiger partial charge in [-0.2, -0.15) is 0 Å². The van der Waals surface area contributed by atoms with Gasteiger partial charge in [0, 0.05) is 11.6 Å². The van der Waals surface area contributed by atoms with E-state index in [-0.39, 0.29) is 17.6 Å². The molecule has 0 radical (unpaired) electrons. The maximum atomic E-state index is 12.3. The molecule has 2 fully saturated rings. The first-order valence-electron chi connectivity index (χ1n) is 6.74. The van der Waals surface area contributed by atoms with Crippen LogP contribution in [0.3, 0.4) is 0 Å². The fraction of sp³-hybridized carbons (Fsp3) is 0.533. The van der Waals surface area contributed by atoms with Crippen molar-refractivity contribution >= 4 is 11.6 Å². The van der Waals surface area contributed by atoms with Crippen LogP contribution in [-0.4, -0.2) is 11.0 Å². The van der Waals surface area contributed by atoms with Crippen LogP contribution < -0.4 is 5.32 Å². The number of phenolic OH excluding ortho intramolecular Hbond substituents is 1. The second-order valence-electron chi connectivity index (χ2n) is 5.77. The summed E-state index contributed by atoms with van der Waals surface area (Å²) in [5, 5.41) is 12.4. The van der Waals surface area contributed by atoms with Gasteiger partial charge in [0.15, 0.2) is 0 Å². The van der Waals surface area contributed by atoms with E-state index in [4.69, 9.17) is 0 Å². The molecule has 2 aliphatic carbocycles. The van der Waals surface area contributed by atoms with Gasteiger partial charge in [0.2, 0.25) is 5.91 Å². The topological polar surface area (TPSA) is 49.3 Å². The Morgan fingerprint density at radius 2 is 2.17 bits per heavy atom. The van der Waals surface area contributed by atoms with E-state index in [1.807, 2.05) is 6.92 Å². The molecule has 3 heteroatoms. The van der Waals surface area contributed by atoms with Crippen molar-refractivity contribution in [1.29, 1.82) is 0 Å². The summed E-state index contributed by atoms with van der Waals surface area (Å²) in [5.41, 5.74) is 1.73. The van der Waals surface area contributed by atoms with Crippen LogP contribution in [0.1, 0.15) is 31.2 Å². The maximum absolute atomic E-state index is 12.3. The van der Waals surface area contributed by atoms with Crippen molar-refractivity contribution in [2.24, 2.45) is 17.8 Å². The van der Waals surface area contributed by atoms with Crippen LogP contribution in [0.5, 0.6) is 5.75 Å². The highest BCUT2D eigenvalue weighted by molar-refractivity contribution is 5.93. The van der Waals surface area contributed by atoms with E-state index in [0.717, 1.165) is 23.6 Å². The lowest BCUT2D eigenvalue weighted by Gasteiger charge is -2.21. The number of carbonyl (C=O) groups excluding carboxylic acids is 1. The van der Waals surface area contributed by atoms with Crippen molar-refractivity contribution in [2.75, 3.05) is 5.32 Å². The van der Waals surface area contributed by atoms with Crippen LogP contribution in [0.25, 0.3) is 0 Å². The molecule has 1 aromatic rings. The molecule has 18 heavy (non-hydrogen) atoms. The zero-order valence-electron chi connectivity index (χ0n) is 10.6. The Morgan fingerprint density at radius 1 is 1.33 bits per heavy atom. The van der Waals surface area contributed by atoms with Crippen LogP contribution in [-0.2, 0) is 4.79 Å². The molecule has 1 amide bonds. The monoisotopic (exact) mass is 245 g/mol. The molecule has 3 nitrogen and oxygen atoms in total. The van der Waals surface area contributed by atoms with E-state index >= 15 is 0 Å². The molecule has 0 heterocycles. The molecule has 3 unspecified atom stereocenters. The standard InChI is InChI=1S/C15H19NO2/c1-9-6-12(17)4-5-14(9)16-15(18)13-8-10-2-3-11(13)7-10/h4-6,10-11,13,17H,2-3,7-8H2,1H3,(H,16,18). The lowest BCUT2D eigenvalue weighted by Crippen LogP contribution is -2.27. The number of hydrogen-bond acceptors (Lipinski definition) is 2. The third-order valence-corrected chi connectivity index (χ3v) is 4.54. The predicted octanol–water partition coefficient (Wildman–Crippen LogP) is 3.08. The van der Waals surface area contributed by atoms with Crippen molar-refractivity contribution in [1.82, 2.24) is 0 Å². The number of hydrogen-bond donors (Lipinski definition) is 2. The molecule has 2 aliphatic rings. The van der Waals surface area contributed by atoms with Crippen molar-refractivity contribution in [2.45, 2.75) is 32.6 Å². The molecule has 3 atom stereocenters. The van der Waals surface area contributed by atoms with Gasteiger partial charge in [-0.1, -0.05) is 6.42 Å². The Hall–Kier alpha value is -1.51. The summed E-state index contributed by atoms with van der Waals surface area (Å²) in [6.45, 7) is 1.90. The molecule has 2 saturated carbocycles. The predicted molar refractivity (Wildman–Crippen MR) is 70.4 cm³/mol. The Labute approximate surface area is 107 Å². The first-order chi connectivity index (χ1) is 8.63. The summed E-state index contributed by atoms with van der Waals surface area (Å²) in [4.78, 5) is 12.3. The highest BCUT2D eigenvalue weighted by Crippen LogP contribution is 2.48. The minimum Gasteiger partial charge on any atom is -0.508 e. The number of carbonyl (C=O) groups is 1. The normalized spacial score (nSPS) is 29.5. The first-order valence-corrected chi connectivity index (χ1v) is 6.74. The molecule has 0 saturated heterocycles. The minimum absolute atomic E-state index is 0.163. The maximum Gasteiger partial charge on any atom is 0.227 e. The van der Waals surface area contributed by atoms with Gasteiger partial charge < -0.3 is 10.4 Å². The Morgan fingerprint density at radius 3 is 2.78 bits per heavy atom. The van der Waals surface area contributed by atoms with Crippen molar-refractivity contribution < 1.29 is 9.90 Å². The van der Waals surface area contributed by atoms with Gasteiger partial charge in [0.1, 0.15) is 5.75 Å². The van der Waals surface area contributed by atoms with Crippen molar-refractivity contribution in [3.05, 3.63) is 23.8 Å². The minimum atomic E-state index is 0.163. The third kappa shape index (κ3) is 1.98. The van der Waals surface area contributed by atoms with Crippen molar-refractivity contribution in [3.8, 4) is 5.75 Å². The van der Waals surface area contributed by atoms with Gasteiger partial charge in [-0.3, -0.25) is 4.79 Å². The SMILES string of the molecule is Cc1cc(O)ccc1NC(=O)C1CC2CCC1C2. The fourth-order valence-corrected chi connectivity index (χ4v) is 3.58. The average Bonchev–Trinajstić information content (AvgIpc) is 2.94. The van der Waals surface area contributed by atoms with Crippen LogP contribution in [0.4, 0.5) is 5.69 Å². The summed E-state index contributed by atoms with van der Waals surface area (Å²) in [5.74, 6) is 2.00. The smallest absolute Gasteiger partial charge is 0.227 e. The van der Waals surface area contributed by atoms with Crippen molar-refractivity contribution in [3.63, 3.8) is 0 Å². The number of aromatic hydroxyl groups is 1. The first kappa shape index (κ1) is 11.6. The Bertz CT molecular complexity index is 483. The molecule has 1 aromatic carbocycles. The van der Waals surface area contributed by atoms with Gasteiger partial charge in [-0.25, -0.2) is 0 Å². The van der Waals surface area contributed by atoms with Gasteiger partial charge >= 0.3 is 0 Å². The van der Waals surface area contributed by atoms with Crippen LogP contribution in [0, 0.1) is 24.7 Å². The average molecular weight is 245 g/mol. The molecule has 2 N–H and O–H groups in total. The zero-order chi connectivity index (χ0) is 12.7. The molecule has 3 rings (SSSR count). The van der Waals surface area contributed by atoms with E-state index < -0.39 is 0 Å². The summed E-state index contributed by atoms with van der Waals surface area (Å²) in [6, 6.07) is 5.07. The fourth-order valence-electron chi connectivity index (χ4n) is 3.58. The van der Waals surface area contributed by atoms with E-state index in [2.05, 4.69) is 5.32 Å². The highest BCUT2D eigenvalue weighted by Gasteiger charge is 2.43. The number of nitrogens with one attached hydrogen (secondary N) is 1. The lowest BCUT2D eigenvalue weighted by atomic mass is 9.88. The molecular formula is C15H19NO2. The lowest BCUT2D eigenvalue weighted by molar-refractivity contribution is -0.121. The number of anilines is 1. The summed E-state index contributed by atoms with van der Waals surface area (Å²) < 4.78 is 0. The molecule has 0 aliphatic heterocycles. The largest absolute Gasteiger partial charge is 0.508 e. The second kappa shape index (κ2) is 4.30. The molecule has 0 aromatic heterocycles. The van der Waals surface area contributed by atoms with E-state index in [9.17, 15) is 9.90 Å². The van der Waals surface area contributed by atoms with Crippen LogP contribution in [0.2, 0.25) is 0 Å². The second-order valence-corrected chi connectivity index (χ2v) is 5.77. The Balaban J connectivity index is 1.71. The highest BCUT2D eigenvalue weighted by atomic mass is 16.3. The number of benzene rings is 1. The summed E-state index contributed by atoms with van der Waals surface area (Å²) in [6.07, 6.45) is 4.84. The van der Waals surface area contributed by atoms with E-state index in [1.165, 1.54) is 19.3 Å². The summed E-state index contributed by atoms with van der Waals surface area (Å²) in [7, 11) is 0. The third-order valence-electron chi connectivity index (χ3n) is 4.54. The molecule has 0 spiro atoms. The molecular weight excluding hydrogens is 226 g/mol. The number of phenols is 1. The van der Waals surface area contributed by atoms with Gasteiger partial charge in [0.25, 0.3) is 0 Å². The van der Waals surface area contributed by atoms with Crippen LogP contribution >= 0.6 is 0 Å². The van der Waals surface area contributed by atoms with E-state index in [1.54, 1.807) is 18.2 Å². The molecule has 96 valence electrons. The number of amides is 1. The van der Waals surface area contributed by atoms with E-state index in [0.29, 0.717) is 5.92 Å². The van der Waals surface area contributed by atoms with Gasteiger partial charge in [0.05, 0.1) is 0 Å². The zero-order valence-corrected chi connectivity index (χ0v) is 10.6. The quantitative estimate of drug-likeness (QED) is 0.787. The molecule has 2 bridgehead atoms. The van der Waals surface area contributed by atoms with Gasteiger partial charge in [-0.05, 0) is 61.8 Å². The van der Waals surface area contributed by atoms with Gasteiger partial charge in [-0.15, -0.1) is 0 Å².